The highest BCUT2D eigenvalue weighted by atomic mass is 32.2. The largest absolute Gasteiger partial charge is 0.357 e. The lowest BCUT2D eigenvalue weighted by Gasteiger charge is -2.15. The van der Waals surface area contributed by atoms with Crippen LogP contribution in [0, 0.1) is 0 Å². The molecule has 0 aromatic carbocycles. The molecule has 0 aromatic rings. The Bertz CT molecular complexity index is 189. The van der Waals surface area contributed by atoms with E-state index in [-0.39, 0.29) is 11.8 Å². The Morgan fingerprint density at radius 3 is 2.54 bits per heavy atom. The second kappa shape index (κ2) is 6.83. The molecule has 0 radical (unpaired) electrons. The summed E-state index contributed by atoms with van der Waals surface area (Å²) in [5.41, 5.74) is 0. The smallest absolute Gasteiger partial charge is 0.243 e. The Kier molecular flexibility index (Phi) is 6.49. The molecule has 0 aliphatic rings. The van der Waals surface area contributed by atoms with Crippen LogP contribution >= 0.6 is 11.6 Å². The number of hydrogen-bond donors (Lipinski definition) is 2. The van der Waals surface area contributed by atoms with E-state index in [1.54, 1.807) is 18.7 Å². The molecule has 0 saturated carbocycles. The molecule has 4 nitrogen and oxygen atoms in total. The maximum Gasteiger partial charge on any atom is 0.243 e. The fraction of sp³-hybridized carbons (Fsp3) is 0.714. The van der Waals surface area contributed by atoms with E-state index in [9.17, 15) is 9.59 Å². The molecule has 0 heterocycles. The molecule has 74 valence electrons. The van der Waals surface area contributed by atoms with Crippen molar-refractivity contribution >= 4 is 30.0 Å². The van der Waals surface area contributed by atoms with E-state index in [0.717, 1.165) is 6.56 Å². The third-order valence-corrected chi connectivity index (χ3v) is 2.41. The van der Waals surface area contributed by atoms with Gasteiger partial charge < -0.3 is 10.6 Å². The summed E-state index contributed by atoms with van der Waals surface area (Å²) >= 11 is 1.63. The molecular weight excluding hydrogens is 187 g/mol. The zero-order valence-electron chi connectivity index (χ0n) is 8.22. The van der Waals surface area contributed by atoms with Crippen molar-refractivity contribution in [1.82, 2.24) is 10.6 Å². The first-order valence-electron chi connectivity index (χ1n) is 4.18. The van der Waals surface area contributed by atoms with Gasteiger partial charge >= 0.3 is 0 Å². The van der Waals surface area contributed by atoms with Crippen molar-refractivity contribution in [1.29, 1.82) is 0 Å². The lowest BCUT2D eigenvalue weighted by Crippen LogP contribution is -2.46. The number of nitrogens with one attached hydrogen (secondary N) is 2. The summed E-state index contributed by atoms with van der Waals surface area (Å²) in [5, 5.41) is 5.11. The van der Waals surface area contributed by atoms with Crippen LogP contribution in [0.3, 0.4) is 0 Å². The molecule has 6 heteroatoms. The molecule has 13 heavy (non-hydrogen) atoms. The number of hydrogen-bond acceptors (Lipinski definition) is 3. The molecule has 0 rings (SSSR count). The second-order valence-electron chi connectivity index (χ2n) is 2.53. The van der Waals surface area contributed by atoms with E-state index in [2.05, 4.69) is 10.6 Å². The third kappa shape index (κ3) is 5.57. The van der Waals surface area contributed by atoms with Crippen LogP contribution in [0.25, 0.3) is 0 Å². The van der Waals surface area contributed by atoms with Crippen molar-refractivity contribution in [2.45, 2.75) is 19.8 Å². The fourth-order valence-electron chi connectivity index (χ4n) is 0.838. The summed E-state index contributed by atoms with van der Waals surface area (Å²) in [4.78, 5) is 22.0. The van der Waals surface area contributed by atoms with Crippen molar-refractivity contribution in [2.24, 2.45) is 0 Å². The van der Waals surface area contributed by atoms with Crippen LogP contribution in [0.2, 0.25) is 6.82 Å². The van der Waals surface area contributed by atoms with Crippen LogP contribution < -0.4 is 10.6 Å². The number of rotatable bonds is 5. The minimum Gasteiger partial charge on any atom is -0.357 e. The van der Waals surface area contributed by atoms with E-state index in [1.165, 1.54) is 6.92 Å². The van der Waals surface area contributed by atoms with Gasteiger partial charge in [-0.3, -0.25) is 9.59 Å². The average molecular weight is 202 g/mol. The predicted molar refractivity (Wildman–Crippen MR) is 57.1 cm³/mol. The van der Waals surface area contributed by atoms with Crippen molar-refractivity contribution in [3.05, 3.63) is 0 Å². The monoisotopic (exact) mass is 202 g/mol. The maximum atomic E-state index is 11.2. The van der Waals surface area contributed by atoms with E-state index in [4.69, 9.17) is 0 Å². The molecule has 0 saturated heterocycles. The molecule has 0 aromatic heterocycles. The summed E-state index contributed by atoms with van der Waals surface area (Å²) in [6.45, 7) is 4.36. The van der Waals surface area contributed by atoms with Crippen LogP contribution in [0.5, 0.6) is 0 Å². The molecule has 0 fully saturated rings. The first kappa shape index (κ1) is 12.4. The van der Waals surface area contributed by atoms with Crippen LogP contribution in [-0.4, -0.2) is 37.2 Å². The Morgan fingerprint density at radius 1 is 1.54 bits per heavy atom. The highest BCUT2D eigenvalue weighted by molar-refractivity contribution is 8.22. The molecule has 0 aliphatic heterocycles. The van der Waals surface area contributed by atoms with Crippen molar-refractivity contribution in [2.75, 3.05) is 12.8 Å². The zero-order valence-corrected chi connectivity index (χ0v) is 9.03. The van der Waals surface area contributed by atoms with Gasteiger partial charge in [-0.1, -0.05) is 6.82 Å². The SMILES string of the molecule is CBSC[C@H](NC(C)=O)C(=O)NC. The number of likely N-dealkylation sites (N-methyl/N-ethyl adjacent to an activating group) is 1. The lowest BCUT2D eigenvalue weighted by atomic mass is 10.2. The van der Waals surface area contributed by atoms with Crippen LogP contribution in [0.4, 0.5) is 0 Å². The Labute approximate surface area is 83.4 Å². The zero-order chi connectivity index (χ0) is 10.3. The maximum absolute atomic E-state index is 11.2. The van der Waals surface area contributed by atoms with Gasteiger partial charge in [0.2, 0.25) is 11.8 Å². The molecular formula is C7H15BN2O2S. The fourth-order valence-corrected chi connectivity index (χ4v) is 1.54. The van der Waals surface area contributed by atoms with Gasteiger partial charge in [0.05, 0.1) is 0 Å². The van der Waals surface area contributed by atoms with E-state index in [0.29, 0.717) is 5.75 Å². The van der Waals surface area contributed by atoms with Gasteiger partial charge in [-0.15, -0.1) is 0 Å². The van der Waals surface area contributed by atoms with E-state index < -0.39 is 6.04 Å². The van der Waals surface area contributed by atoms with Crippen LogP contribution in [0.1, 0.15) is 6.92 Å². The summed E-state index contributed by atoms with van der Waals surface area (Å²) < 4.78 is 0. The van der Waals surface area contributed by atoms with E-state index in [1.807, 2.05) is 6.82 Å². The highest BCUT2D eigenvalue weighted by Gasteiger charge is 2.16. The summed E-state index contributed by atoms with van der Waals surface area (Å²) in [5.74, 6) is 0.303. The van der Waals surface area contributed by atoms with E-state index >= 15 is 0 Å². The Morgan fingerprint density at radius 2 is 2.15 bits per heavy atom. The second-order valence-corrected chi connectivity index (χ2v) is 3.85. The topological polar surface area (TPSA) is 58.2 Å². The lowest BCUT2D eigenvalue weighted by molar-refractivity contribution is -0.127. The molecule has 2 N–H and O–H groups in total. The van der Waals surface area contributed by atoms with Crippen LogP contribution in [0.15, 0.2) is 0 Å². The number of carbonyl (C=O) groups is 2. The molecule has 0 spiro atoms. The highest BCUT2D eigenvalue weighted by Crippen LogP contribution is 2.00. The normalized spacial score (nSPS) is 11.6. The van der Waals surface area contributed by atoms with Gasteiger partial charge in [-0.2, -0.15) is 0 Å². The van der Waals surface area contributed by atoms with Gasteiger partial charge in [-0.25, -0.2) is 11.6 Å². The van der Waals surface area contributed by atoms with Gasteiger partial charge in [0.15, 0.2) is 6.56 Å². The quantitative estimate of drug-likeness (QED) is 0.583. The number of amides is 2. The van der Waals surface area contributed by atoms with Crippen molar-refractivity contribution in [3.8, 4) is 0 Å². The predicted octanol–water partition coefficient (Wildman–Crippen LogP) is -0.630. The molecule has 2 amide bonds. The summed E-state index contributed by atoms with van der Waals surface area (Å²) in [7, 11) is 1.56. The van der Waals surface area contributed by atoms with Gasteiger partial charge in [-0.05, 0) is 0 Å². The van der Waals surface area contributed by atoms with Gasteiger partial charge in [0, 0.05) is 19.7 Å². The minimum absolute atomic E-state index is 0.142. The minimum atomic E-state index is -0.410. The van der Waals surface area contributed by atoms with Crippen molar-refractivity contribution < 1.29 is 9.59 Å². The molecule has 0 unspecified atom stereocenters. The van der Waals surface area contributed by atoms with Crippen molar-refractivity contribution in [3.63, 3.8) is 0 Å². The Balaban J connectivity index is 4.02. The molecule has 0 aliphatic carbocycles. The van der Waals surface area contributed by atoms with Crippen LogP contribution in [-0.2, 0) is 9.59 Å². The molecule has 0 bridgehead atoms. The first-order chi connectivity index (χ1) is 6.11. The first-order valence-corrected chi connectivity index (χ1v) is 5.33. The summed E-state index contributed by atoms with van der Waals surface area (Å²) in [6, 6.07) is -0.410. The number of carbonyl (C=O) groups excluding carboxylic acids is 2. The average Bonchev–Trinajstić information content (AvgIpc) is 2.10. The standard InChI is InChI=1S/C7H15BN2O2S/c1-5(11)10-6(4-13-8-2)7(12)9-3/h6,8H,4H2,1-3H3,(H,9,12)(H,10,11)/t6-/m0/s1. The Hall–Kier alpha value is -0.645. The van der Waals surface area contributed by atoms with Gasteiger partial charge in [0.25, 0.3) is 0 Å². The third-order valence-electron chi connectivity index (χ3n) is 1.43. The summed E-state index contributed by atoms with van der Waals surface area (Å²) in [6.07, 6.45) is 0. The molecule has 1 atom stereocenters. The van der Waals surface area contributed by atoms with Gasteiger partial charge in [0.1, 0.15) is 6.04 Å².